The summed E-state index contributed by atoms with van der Waals surface area (Å²) in [6, 6.07) is 9.34. The molecule has 0 aliphatic carbocycles. The van der Waals surface area contributed by atoms with E-state index in [4.69, 9.17) is 4.74 Å². The molecule has 2 heterocycles. The van der Waals surface area contributed by atoms with E-state index in [0.717, 1.165) is 23.7 Å². The van der Waals surface area contributed by atoms with Gasteiger partial charge in [-0.15, -0.1) is 0 Å². The highest BCUT2D eigenvalue weighted by molar-refractivity contribution is 5.97. The lowest BCUT2D eigenvalue weighted by Gasteiger charge is -2.36. The molecule has 0 radical (unpaired) electrons. The molecule has 3 amide bonds. The van der Waals surface area contributed by atoms with Crippen LogP contribution in [0.3, 0.4) is 0 Å². The summed E-state index contributed by atoms with van der Waals surface area (Å²) in [5.41, 5.74) is 1.45. The van der Waals surface area contributed by atoms with Gasteiger partial charge in [-0.3, -0.25) is 9.78 Å². The molecule has 1 saturated heterocycles. The van der Waals surface area contributed by atoms with Crippen LogP contribution < -0.4 is 5.32 Å². The minimum absolute atomic E-state index is 0.0343. The number of carbonyl (C=O) groups is 2. The Morgan fingerprint density at radius 3 is 2.74 bits per heavy atom. The summed E-state index contributed by atoms with van der Waals surface area (Å²) in [5, 5.41) is 3.85. The molecule has 0 saturated carbocycles. The van der Waals surface area contributed by atoms with Crippen molar-refractivity contribution in [3.63, 3.8) is 0 Å². The molecule has 3 rings (SSSR count). The highest BCUT2D eigenvalue weighted by atomic mass is 16.5. The van der Waals surface area contributed by atoms with Crippen molar-refractivity contribution in [2.24, 2.45) is 0 Å². The van der Waals surface area contributed by atoms with Crippen LogP contribution in [0.1, 0.15) is 23.2 Å². The Morgan fingerprint density at radius 2 is 2.00 bits per heavy atom. The van der Waals surface area contributed by atoms with Crippen molar-refractivity contribution >= 4 is 22.8 Å². The standard InChI is InChI=1S/C20H26N4O3/c1-23(2)20(26)24(17-7-12-27-13-8-17)11-10-22-19(25)16-5-6-18-15(14-16)4-3-9-21-18/h3-6,9,14,17H,7-8,10-13H2,1-2H3,(H,22,25). The maximum atomic E-state index is 12.5. The predicted molar refractivity (Wildman–Crippen MR) is 104 cm³/mol. The molecule has 1 fully saturated rings. The number of fused-ring (bicyclic) bond motifs is 1. The lowest BCUT2D eigenvalue weighted by atomic mass is 10.1. The second-order valence-electron chi connectivity index (χ2n) is 6.88. The van der Waals surface area contributed by atoms with Crippen molar-refractivity contribution in [1.29, 1.82) is 0 Å². The van der Waals surface area contributed by atoms with E-state index in [-0.39, 0.29) is 18.0 Å². The number of ether oxygens (including phenoxy) is 1. The molecular weight excluding hydrogens is 344 g/mol. The summed E-state index contributed by atoms with van der Waals surface area (Å²) in [5.74, 6) is -0.148. The number of urea groups is 1. The summed E-state index contributed by atoms with van der Waals surface area (Å²) < 4.78 is 5.40. The molecule has 144 valence electrons. The minimum atomic E-state index is -0.148. The second kappa shape index (κ2) is 8.81. The van der Waals surface area contributed by atoms with E-state index in [1.807, 2.05) is 29.2 Å². The van der Waals surface area contributed by atoms with Crippen molar-refractivity contribution in [2.45, 2.75) is 18.9 Å². The largest absolute Gasteiger partial charge is 0.381 e. The summed E-state index contributed by atoms with van der Waals surface area (Å²) in [7, 11) is 3.49. The van der Waals surface area contributed by atoms with E-state index >= 15 is 0 Å². The number of amides is 3. The molecule has 1 aromatic heterocycles. The summed E-state index contributed by atoms with van der Waals surface area (Å²) in [4.78, 5) is 32.7. The van der Waals surface area contributed by atoms with Crippen LogP contribution in [0, 0.1) is 0 Å². The Bertz CT molecular complexity index is 803. The van der Waals surface area contributed by atoms with E-state index in [2.05, 4.69) is 10.3 Å². The van der Waals surface area contributed by atoms with Gasteiger partial charge in [-0.05, 0) is 37.1 Å². The van der Waals surface area contributed by atoms with Crippen LogP contribution in [0.5, 0.6) is 0 Å². The number of rotatable bonds is 5. The van der Waals surface area contributed by atoms with Crippen LogP contribution in [-0.2, 0) is 4.74 Å². The van der Waals surface area contributed by atoms with Crippen molar-refractivity contribution in [2.75, 3.05) is 40.4 Å². The third-order valence-corrected chi connectivity index (χ3v) is 4.76. The molecule has 7 nitrogen and oxygen atoms in total. The van der Waals surface area contributed by atoms with Gasteiger partial charge in [-0.1, -0.05) is 6.07 Å². The van der Waals surface area contributed by atoms with E-state index < -0.39 is 0 Å². The van der Waals surface area contributed by atoms with Gasteiger partial charge in [0.05, 0.1) is 5.52 Å². The van der Waals surface area contributed by atoms with Crippen LogP contribution in [0.2, 0.25) is 0 Å². The van der Waals surface area contributed by atoms with Crippen LogP contribution in [0.25, 0.3) is 10.9 Å². The number of pyridine rings is 1. The second-order valence-corrected chi connectivity index (χ2v) is 6.88. The van der Waals surface area contributed by atoms with Gasteiger partial charge in [-0.25, -0.2) is 4.79 Å². The fourth-order valence-corrected chi connectivity index (χ4v) is 3.30. The van der Waals surface area contributed by atoms with Gasteiger partial charge in [0.15, 0.2) is 0 Å². The molecule has 0 bridgehead atoms. The SMILES string of the molecule is CN(C)C(=O)N(CCNC(=O)c1ccc2ncccc2c1)C1CCOCC1. The molecule has 7 heteroatoms. The van der Waals surface area contributed by atoms with Gasteiger partial charge in [0.25, 0.3) is 5.91 Å². The predicted octanol–water partition coefficient (Wildman–Crippen LogP) is 2.13. The fourth-order valence-electron chi connectivity index (χ4n) is 3.30. The molecule has 0 unspecified atom stereocenters. The van der Waals surface area contributed by atoms with Crippen LogP contribution in [0.4, 0.5) is 4.79 Å². The van der Waals surface area contributed by atoms with Gasteiger partial charge in [0.2, 0.25) is 0 Å². The van der Waals surface area contributed by atoms with Gasteiger partial charge in [0.1, 0.15) is 0 Å². The zero-order valence-electron chi connectivity index (χ0n) is 15.9. The van der Waals surface area contributed by atoms with Crippen molar-refractivity contribution in [3.05, 3.63) is 42.1 Å². The first-order valence-electron chi connectivity index (χ1n) is 9.25. The van der Waals surface area contributed by atoms with E-state index in [1.54, 1.807) is 31.3 Å². The monoisotopic (exact) mass is 370 g/mol. The molecular formula is C20H26N4O3. The van der Waals surface area contributed by atoms with Crippen molar-refractivity contribution in [3.8, 4) is 0 Å². The average Bonchev–Trinajstić information content (AvgIpc) is 2.70. The van der Waals surface area contributed by atoms with Gasteiger partial charge in [-0.2, -0.15) is 0 Å². The summed E-state index contributed by atoms with van der Waals surface area (Å²) in [6.45, 7) is 2.21. The van der Waals surface area contributed by atoms with Crippen molar-refractivity contribution < 1.29 is 14.3 Å². The first kappa shape index (κ1) is 19.1. The summed E-state index contributed by atoms with van der Waals surface area (Å²) in [6.07, 6.45) is 3.38. The first-order chi connectivity index (χ1) is 13.1. The zero-order chi connectivity index (χ0) is 19.2. The topological polar surface area (TPSA) is 74.8 Å². The smallest absolute Gasteiger partial charge is 0.319 e. The van der Waals surface area contributed by atoms with Crippen LogP contribution in [-0.4, -0.2) is 73.2 Å². The minimum Gasteiger partial charge on any atom is -0.381 e. The van der Waals surface area contributed by atoms with E-state index in [9.17, 15) is 9.59 Å². The maximum Gasteiger partial charge on any atom is 0.319 e. The third-order valence-electron chi connectivity index (χ3n) is 4.76. The molecule has 1 N–H and O–H groups in total. The number of benzene rings is 1. The summed E-state index contributed by atoms with van der Waals surface area (Å²) >= 11 is 0. The molecule has 1 aromatic carbocycles. The average molecular weight is 370 g/mol. The van der Waals surface area contributed by atoms with Gasteiger partial charge >= 0.3 is 6.03 Å². The first-order valence-corrected chi connectivity index (χ1v) is 9.25. The van der Waals surface area contributed by atoms with Crippen LogP contribution in [0.15, 0.2) is 36.5 Å². The maximum absolute atomic E-state index is 12.5. The number of carbonyl (C=O) groups excluding carboxylic acids is 2. The number of hydrogen-bond donors (Lipinski definition) is 1. The third kappa shape index (κ3) is 4.74. The molecule has 0 spiro atoms. The molecule has 1 aliphatic rings. The van der Waals surface area contributed by atoms with E-state index in [0.29, 0.717) is 31.9 Å². The highest BCUT2D eigenvalue weighted by Crippen LogP contribution is 2.16. The Kier molecular flexibility index (Phi) is 6.24. The number of hydrogen-bond acceptors (Lipinski definition) is 4. The lowest BCUT2D eigenvalue weighted by Crippen LogP contribution is -2.50. The molecule has 27 heavy (non-hydrogen) atoms. The van der Waals surface area contributed by atoms with Crippen molar-refractivity contribution in [1.82, 2.24) is 20.1 Å². The zero-order valence-corrected chi connectivity index (χ0v) is 15.9. The number of nitrogens with zero attached hydrogens (tertiary/aromatic N) is 3. The van der Waals surface area contributed by atoms with Gasteiger partial charge < -0.3 is 19.9 Å². The normalized spacial score (nSPS) is 14.7. The van der Waals surface area contributed by atoms with E-state index in [1.165, 1.54) is 0 Å². The Hall–Kier alpha value is -2.67. The fraction of sp³-hybridized carbons (Fsp3) is 0.450. The Morgan fingerprint density at radius 1 is 1.22 bits per heavy atom. The number of nitrogens with one attached hydrogen (secondary N) is 1. The molecule has 0 atom stereocenters. The van der Waals surface area contributed by atoms with Gasteiger partial charge in [0, 0.05) is 63.6 Å². The Balaban J connectivity index is 1.61. The van der Waals surface area contributed by atoms with Crippen LogP contribution >= 0.6 is 0 Å². The quantitative estimate of drug-likeness (QED) is 0.875. The highest BCUT2D eigenvalue weighted by Gasteiger charge is 2.26. The lowest BCUT2D eigenvalue weighted by molar-refractivity contribution is 0.0415. The molecule has 1 aliphatic heterocycles. The number of aromatic nitrogens is 1. The Labute approximate surface area is 159 Å². The molecule has 2 aromatic rings.